The molecule has 0 aliphatic carbocycles. The molecule has 7 heteroatoms. The summed E-state index contributed by atoms with van der Waals surface area (Å²) in [6, 6.07) is 0. The van der Waals surface area contributed by atoms with Gasteiger partial charge in [-0.2, -0.15) is 0 Å². The maximum absolute atomic E-state index is 11.0. The van der Waals surface area contributed by atoms with Gasteiger partial charge in [0.25, 0.3) is 0 Å². The summed E-state index contributed by atoms with van der Waals surface area (Å²) < 4.78 is 0. The highest BCUT2D eigenvalue weighted by Crippen LogP contribution is 2.23. The Balaban J connectivity index is 2.03. The zero-order chi connectivity index (χ0) is 14.0. The van der Waals surface area contributed by atoms with E-state index in [1.54, 1.807) is 6.92 Å². The Bertz CT molecular complexity index is 500. The molecule has 1 fully saturated rings. The SMILES string of the molecule is Cc1nc(CN2CCCC(C(=O)O)C2)sc1C(=O)O. The average molecular weight is 284 g/mol. The van der Waals surface area contributed by atoms with Gasteiger partial charge in [-0.3, -0.25) is 9.69 Å². The van der Waals surface area contributed by atoms with E-state index in [1.165, 1.54) is 11.3 Å². The topological polar surface area (TPSA) is 90.7 Å². The molecule has 1 aromatic rings. The van der Waals surface area contributed by atoms with E-state index in [1.807, 2.05) is 4.90 Å². The number of piperidine rings is 1. The Morgan fingerprint density at radius 3 is 2.79 bits per heavy atom. The van der Waals surface area contributed by atoms with Gasteiger partial charge >= 0.3 is 11.9 Å². The summed E-state index contributed by atoms with van der Waals surface area (Å²) in [4.78, 5) is 28.5. The predicted molar refractivity (Wildman–Crippen MR) is 69.4 cm³/mol. The maximum Gasteiger partial charge on any atom is 0.347 e. The lowest BCUT2D eigenvalue weighted by Gasteiger charge is -2.29. The summed E-state index contributed by atoms with van der Waals surface area (Å²) in [6.07, 6.45) is 1.57. The van der Waals surface area contributed by atoms with Crippen molar-refractivity contribution < 1.29 is 19.8 Å². The van der Waals surface area contributed by atoms with Crippen molar-refractivity contribution in [3.63, 3.8) is 0 Å². The second-order valence-corrected chi connectivity index (χ2v) is 5.82. The van der Waals surface area contributed by atoms with Crippen LogP contribution in [0.15, 0.2) is 0 Å². The minimum absolute atomic E-state index is 0.266. The van der Waals surface area contributed by atoms with Gasteiger partial charge in [-0.05, 0) is 26.3 Å². The third-order valence-electron chi connectivity index (χ3n) is 3.25. The molecule has 1 unspecified atom stereocenters. The van der Waals surface area contributed by atoms with E-state index in [2.05, 4.69) is 4.98 Å². The summed E-state index contributed by atoms with van der Waals surface area (Å²) in [5, 5.41) is 18.7. The molecule has 1 atom stereocenters. The number of aromatic carboxylic acids is 1. The molecule has 1 aliphatic rings. The fraction of sp³-hybridized carbons (Fsp3) is 0.583. The zero-order valence-corrected chi connectivity index (χ0v) is 11.4. The van der Waals surface area contributed by atoms with Crippen molar-refractivity contribution in [3.8, 4) is 0 Å². The third-order valence-corrected chi connectivity index (χ3v) is 4.38. The molecule has 104 valence electrons. The van der Waals surface area contributed by atoms with Gasteiger partial charge in [-0.15, -0.1) is 11.3 Å². The van der Waals surface area contributed by atoms with Crippen LogP contribution in [0, 0.1) is 12.8 Å². The number of carboxylic acid groups (broad SMARTS) is 2. The van der Waals surface area contributed by atoms with Crippen LogP contribution in [0.5, 0.6) is 0 Å². The van der Waals surface area contributed by atoms with E-state index >= 15 is 0 Å². The van der Waals surface area contributed by atoms with Crippen molar-refractivity contribution in [3.05, 3.63) is 15.6 Å². The Morgan fingerprint density at radius 1 is 1.47 bits per heavy atom. The first-order valence-corrected chi connectivity index (χ1v) is 6.93. The summed E-state index contributed by atoms with van der Waals surface area (Å²) in [5.74, 6) is -2.04. The van der Waals surface area contributed by atoms with Gasteiger partial charge in [0.2, 0.25) is 0 Å². The van der Waals surface area contributed by atoms with Gasteiger partial charge < -0.3 is 10.2 Å². The van der Waals surface area contributed by atoms with Gasteiger partial charge in [0.05, 0.1) is 18.2 Å². The summed E-state index contributed by atoms with van der Waals surface area (Å²) >= 11 is 1.17. The van der Waals surface area contributed by atoms with E-state index in [9.17, 15) is 9.59 Å². The van der Waals surface area contributed by atoms with Crippen molar-refractivity contribution in [2.75, 3.05) is 13.1 Å². The minimum Gasteiger partial charge on any atom is -0.481 e. The Morgan fingerprint density at radius 2 is 2.21 bits per heavy atom. The predicted octanol–water partition coefficient (Wildman–Crippen LogP) is 1.45. The van der Waals surface area contributed by atoms with Crippen LogP contribution in [0.1, 0.15) is 33.2 Å². The fourth-order valence-corrected chi connectivity index (χ4v) is 3.26. The molecule has 19 heavy (non-hydrogen) atoms. The van der Waals surface area contributed by atoms with Gasteiger partial charge in [0, 0.05) is 6.54 Å². The van der Waals surface area contributed by atoms with Crippen LogP contribution in [0.2, 0.25) is 0 Å². The van der Waals surface area contributed by atoms with Crippen LogP contribution in [0.25, 0.3) is 0 Å². The van der Waals surface area contributed by atoms with Gasteiger partial charge in [0.1, 0.15) is 9.88 Å². The molecule has 1 aliphatic heterocycles. The molecule has 6 nitrogen and oxygen atoms in total. The molecule has 0 bridgehead atoms. The Labute approximate surface area is 114 Å². The first-order chi connectivity index (χ1) is 8.97. The van der Waals surface area contributed by atoms with Crippen molar-refractivity contribution >= 4 is 23.3 Å². The van der Waals surface area contributed by atoms with Gasteiger partial charge in [-0.1, -0.05) is 0 Å². The second-order valence-electron chi connectivity index (χ2n) is 4.74. The molecule has 1 saturated heterocycles. The van der Waals surface area contributed by atoms with E-state index in [4.69, 9.17) is 10.2 Å². The van der Waals surface area contributed by atoms with E-state index in [0.29, 0.717) is 25.2 Å². The van der Waals surface area contributed by atoms with E-state index < -0.39 is 11.9 Å². The first kappa shape index (κ1) is 14.0. The van der Waals surface area contributed by atoms with Crippen LogP contribution in [0.3, 0.4) is 0 Å². The largest absolute Gasteiger partial charge is 0.481 e. The van der Waals surface area contributed by atoms with E-state index in [-0.39, 0.29) is 10.8 Å². The number of thiazole rings is 1. The van der Waals surface area contributed by atoms with Crippen LogP contribution in [0.4, 0.5) is 0 Å². The molecular formula is C12H16N2O4S. The summed E-state index contributed by atoms with van der Waals surface area (Å²) in [7, 11) is 0. The quantitative estimate of drug-likeness (QED) is 0.869. The van der Waals surface area contributed by atoms with Crippen LogP contribution in [-0.2, 0) is 11.3 Å². The summed E-state index contributed by atoms with van der Waals surface area (Å²) in [6.45, 7) is 3.56. The number of carboxylic acids is 2. The zero-order valence-electron chi connectivity index (χ0n) is 10.6. The molecule has 1 aromatic heterocycles. The lowest BCUT2D eigenvalue weighted by Crippen LogP contribution is -2.38. The van der Waals surface area contributed by atoms with Crippen LogP contribution >= 0.6 is 11.3 Å². The highest BCUT2D eigenvalue weighted by atomic mass is 32.1. The fourth-order valence-electron chi connectivity index (χ4n) is 2.31. The second kappa shape index (κ2) is 5.66. The summed E-state index contributed by atoms with van der Waals surface area (Å²) in [5.41, 5.74) is 0.527. The number of rotatable bonds is 4. The van der Waals surface area contributed by atoms with Crippen LogP contribution in [-0.4, -0.2) is 45.1 Å². The molecule has 2 N–H and O–H groups in total. The number of aromatic nitrogens is 1. The monoisotopic (exact) mass is 284 g/mol. The lowest BCUT2D eigenvalue weighted by molar-refractivity contribution is -0.143. The minimum atomic E-state index is -0.955. The number of nitrogens with zero attached hydrogens (tertiary/aromatic N) is 2. The number of aryl methyl sites for hydroxylation is 1. The van der Waals surface area contributed by atoms with Crippen molar-refractivity contribution in [1.82, 2.24) is 9.88 Å². The number of hydrogen-bond donors (Lipinski definition) is 2. The standard InChI is InChI=1S/C12H16N2O4S/c1-7-10(12(17)18)19-9(13-7)6-14-4-2-3-8(5-14)11(15)16/h8H,2-6H2,1H3,(H,15,16)(H,17,18). The number of hydrogen-bond acceptors (Lipinski definition) is 5. The molecule has 0 radical (unpaired) electrons. The maximum atomic E-state index is 11.0. The molecule has 0 amide bonds. The first-order valence-electron chi connectivity index (χ1n) is 6.12. The molecule has 2 rings (SSSR count). The number of aliphatic carboxylic acids is 1. The van der Waals surface area contributed by atoms with Crippen molar-refractivity contribution in [2.45, 2.75) is 26.3 Å². The van der Waals surface area contributed by atoms with Crippen molar-refractivity contribution in [2.24, 2.45) is 5.92 Å². The molecule has 0 spiro atoms. The molecule has 0 saturated carbocycles. The van der Waals surface area contributed by atoms with Crippen LogP contribution < -0.4 is 0 Å². The highest BCUT2D eigenvalue weighted by molar-refractivity contribution is 7.13. The van der Waals surface area contributed by atoms with Gasteiger partial charge in [-0.25, -0.2) is 9.78 Å². The molecule has 0 aromatic carbocycles. The average Bonchev–Trinajstić information content (AvgIpc) is 2.70. The number of carbonyl (C=O) groups is 2. The van der Waals surface area contributed by atoms with E-state index in [0.717, 1.165) is 18.0 Å². The Kier molecular flexibility index (Phi) is 4.16. The molecular weight excluding hydrogens is 268 g/mol. The lowest BCUT2D eigenvalue weighted by atomic mass is 9.98. The van der Waals surface area contributed by atoms with Crippen molar-refractivity contribution in [1.29, 1.82) is 0 Å². The number of likely N-dealkylation sites (tertiary alicyclic amines) is 1. The van der Waals surface area contributed by atoms with Gasteiger partial charge in [0.15, 0.2) is 0 Å². The third kappa shape index (κ3) is 3.30. The normalized spacial score (nSPS) is 20.4. The highest BCUT2D eigenvalue weighted by Gasteiger charge is 2.26. The molecule has 2 heterocycles. The smallest absolute Gasteiger partial charge is 0.347 e. The Hall–Kier alpha value is -1.47.